The van der Waals surface area contributed by atoms with Gasteiger partial charge in [0.15, 0.2) is 0 Å². The Labute approximate surface area is 73.5 Å². The molecular formula is C7H8N2O2S. The van der Waals surface area contributed by atoms with Crippen LogP contribution in [0.3, 0.4) is 0 Å². The minimum atomic E-state index is -0.427. The third kappa shape index (κ3) is 1.69. The second-order valence-corrected chi connectivity index (χ2v) is 3.13. The molecule has 0 aliphatic heterocycles. The predicted octanol–water partition coefficient (Wildman–Crippen LogP) is 1.84. The van der Waals surface area contributed by atoms with Gasteiger partial charge >= 0.3 is 5.00 Å². The van der Waals surface area contributed by atoms with Crippen LogP contribution in [-0.2, 0) is 0 Å². The SMILES string of the molecule is C=C[C@@H](N)c1csc([N+](=O)[O-])c1. The van der Waals surface area contributed by atoms with Crippen LogP contribution in [0.5, 0.6) is 0 Å². The largest absolute Gasteiger partial charge is 0.324 e. The van der Waals surface area contributed by atoms with Crippen LogP contribution in [0.2, 0.25) is 0 Å². The van der Waals surface area contributed by atoms with Gasteiger partial charge in [0, 0.05) is 17.5 Å². The highest BCUT2D eigenvalue weighted by Gasteiger charge is 2.11. The predicted molar refractivity (Wildman–Crippen MR) is 48.1 cm³/mol. The maximum absolute atomic E-state index is 10.3. The van der Waals surface area contributed by atoms with Gasteiger partial charge in [0.2, 0.25) is 0 Å². The van der Waals surface area contributed by atoms with Crippen LogP contribution in [-0.4, -0.2) is 4.92 Å². The van der Waals surface area contributed by atoms with Crippen molar-refractivity contribution in [2.45, 2.75) is 6.04 Å². The van der Waals surface area contributed by atoms with Crippen LogP contribution in [0.4, 0.5) is 5.00 Å². The first kappa shape index (κ1) is 8.89. The third-order valence-corrected chi connectivity index (χ3v) is 2.32. The normalized spacial score (nSPS) is 12.4. The van der Waals surface area contributed by atoms with E-state index in [0.29, 0.717) is 0 Å². The number of rotatable bonds is 3. The van der Waals surface area contributed by atoms with Crippen molar-refractivity contribution in [2.75, 3.05) is 0 Å². The zero-order valence-corrected chi connectivity index (χ0v) is 7.08. The first-order chi connectivity index (χ1) is 5.65. The molecule has 0 saturated carbocycles. The summed E-state index contributed by atoms with van der Waals surface area (Å²) >= 11 is 1.07. The first-order valence-electron chi connectivity index (χ1n) is 3.26. The van der Waals surface area contributed by atoms with Crippen LogP contribution >= 0.6 is 11.3 Å². The molecule has 64 valence electrons. The topological polar surface area (TPSA) is 69.2 Å². The van der Waals surface area contributed by atoms with Crippen molar-refractivity contribution in [3.05, 3.63) is 39.8 Å². The van der Waals surface area contributed by atoms with Gasteiger partial charge in [-0.05, 0) is 5.56 Å². The molecule has 0 unspecified atom stereocenters. The lowest BCUT2D eigenvalue weighted by atomic mass is 10.2. The van der Waals surface area contributed by atoms with E-state index in [1.807, 2.05) is 0 Å². The minimum Gasteiger partial charge on any atom is -0.321 e. The molecule has 0 bridgehead atoms. The van der Waals surface area contributed by atoms with E-state index in [0.717, 1.165) is 16.9 Å². The number of nitro groups is 1. The molecule has 2 N–H and O–H groups in total. The molecule has 5 heteroatoms. The summed E-state index contributed by atoms with van der Waals surface area (Å²) in [6, 6.07) is 1.16. The molecule has 0 aliphatic rings. The quantitative estimate of drug-likeness (QED) is 0.442. The molecule has 1 atom stereocenters. The molecule has 1 rings (SSSR count). The summed E-state index contributed by atoms with van der Waals surface area (Å²) < 4.78 is 0. The molecule has 1 aromatic rings. The summed E-state index contributed by atoms with van der Waals surface area (Å²) in [6.45, 7) is 3.50. The van der Waals surface area contributed by atoms with Gasteiger partial charge in [0.25, 0.3) is 0 Å². The van der Waals surface area contributed by atoms with E-state index < -0.39 is 4.92 Å². The van der Waals surface area contributed by atoms with Crippen LogP contribution in [0.1, 0.15) is 11.6 Å². The Morgan fingerprint density at radius 1 is 1.83 bits per heavy atom. The number of nitrogens with two attached hydrogens (primary N) is 1. The zero-order chi connectivity index (χ0) is 9.14. The summed E-state index contributed by atoms with van der Waals surface area (Å²) in [5.74, 6) is 0. The molecule has 1 heterocycles. The fourth-order valence-corrected chi connectivity index (χ4v) is 1.52. The monoisotopic (exact) mass is 184 g/mol. The van der Waals surface area contributed by atoms with Crippen molar-refractivity contribution in [3.8, 4) is 0 Å². The van der Waals surface area contributed by atoms with E-state index in [-0.39, 0.29) is 11.0 Å². The first-order valence-corrected chi connectivity index (χ1v) is 4.14. The fourth-order valence-electron chi connectivity index (χ4n) is 0.746. The van der Waals surface area contributed by atoms with Crippen LogP contribution < -0.4 is 5.73 Å². The highest BCUT2D eigenvalue weighted by Crippen LogP contribution is 2.25. The smallest absolute Gasteiger partial charge is 0.321 e. The number of nitrogens with zero attached hydrogens (tertiary/aromatic N) is 1. The Balaban J connectivity index is 2.91. The Hall–Kier alpha value is -1.20. The molecule has 0 aliphatic carbocycles. The van der Waals surface area contributed by atoms with Crippen molar-refractivity contribution >= 4 is 16.3 Å². The Kier molecular flexibility index (Phi) is 2.57. The van der Waals surface area contributed by atoms with E-state index in [1.54, 1.807) is 11.5 Å². The second-order valence-electron chi connectivity index (χ2n) is 2.24. The molecule has 0 fully saturated rings. The summed E-state index contributed by atoms with van der Waals surface area (Å²) in [5.41, 5.74) is 6.31. The van der Waals surface area contributed by atoms with Gasteiger partial charge in [0.05, 0.1) is 4.92 Å². The van der Waals surface area contributed by atoms with Crippen molar-refractivity contribution < 1.29 is 4.92 Å². The Bertz CT molecular complexity index is 308. The molecule has 0 saturated heterocycles. The van der Waals surface area contributed by atoms with E-state index in [1.165, 1.54) is 6.07 Å². The maximum Gasteiger partial charge on any atom is 0.324 e. The summed E-state index contributed by atoms with van der Waals surface area (Å²) in [4.78, 5) is 9.85. The molecule has 1 aromatic heterocycles. The van der Waals surface area contributed by atoms with Gasteiger partial charge in [-0.2, -0.15) is 0 Å². The van der Waals surface area contributed by atoms with Crippen LogP contribution in [0.25, 0.3) is 0 Å². The number of hydrogen-bond donors (Lipinski definition) is 1. The van der Waals surface area contributed by atoms with Gasteiger partial charge in [-0.1, -0.05) is 17.4 Å². The average molecular weight is 184 g/mol. The van der Waals surface area contributed by atoms with E-state index in [4.69, 9.17) is 5.73 Å². The molecule has 0 spiro atoms. The lowest BCUT2D eigenvalue weighted by molar-refractivity contribution is -0.380. The standard InChI is InChI=1S/C7H8N2O2S/c1-2-6(8)5-3-7(9(10)11)12-4-5/h2-4,6H,1,8H2/t6-/m1/s1. The molecule has 0 amide bonds. The molecule has 12 heavy (non-hydrogen) atoms. The molecule has 4 nitrogen and oxygen atoms in total. The van der Waals surface area contributed by atoms with Crippen molar-refractivity contribution in [3.63, 3.8) is 0 Å². The highest BCUT2D eigenvalue weighted by atomic mass is 32.1. The van der Waals surface area contributed by atoms with Crippen molar-refractivity contribution in [2.24, 2.45) is 5.73 Å². The molecule has 0 aromatic carbocycles. The zero-order valence-electron chi connectivity index (χ0n) is 6.27. The van der Waals surface area contributed by atoms with Gasteiger partial charge < -0.3 is 5.73 Å². The van der Waals surface area contributed by atoms with E-state index >= 15 is 0 Å². The fraction of sp³-hybridized carbons (Fsp3) is 0.143. The lowest BCUT2D eigenvalue weighted by Crippen LogP contribution is -2.04. The second kappa shape index (κ2) is 3.46. The lowest BCUT2D eigenvalue weighted by Gasteiger charge is -1.99. The van der Waals surface area contributed by atoms with Crippen molar-refractivity contribution in [1.82, 2.24) is 0 Å². The van der Waals surface area contributed by atoms with Crippen LogP contribution in [0, 0.1) is 10.1 Å². The maximum atomic E-state index is 10.3. The van der Waals surface area contributed by atoms with Crippen molar-refractivity contribution in [1.29, 1.82) is 0 Å². The van der Waals surface area contributed by atoms with Crippen LogP contribution in [0.15, 0.2) is 24.1 Å². The summed E-state index contributed by atoms with van der Waals surface area (Å²) in [6.07, 6.45) is 1.55. The summed E-state index contributed by atoms with van der Waals surface area (Å²) in [5, 5.41) is 12.1. The number of hydrogen-bond acceptors (Lipinski definition) is 4. The van der Waals surface area contributed by atoms with Gasteiger partial charge in [-0.3, -0.25) is 10.1 Å². The Morgan fingerprint density at radius 3 is 2.92 bits per heavy atom. The minimum absolute atomic E-state index is 0.113. The van der Waals surface area contributed by atoms with E-state index in [2.05, 4.69) is 6.58 Å². The Morgan fingerprint density at radius 2 is 2.50 bits per heavy atom. The van der Waals surface area contributed by atoms with E-state index in [9.17, 15) is 10.1 Å². The van der Waals surface area contributed by atoms with Gasteiger partial charge in [-0.15, -0.1) is 6.58 Å². The van der Waals surface area contributed by atoms with Gasteiger partial charge in [0.1, 0.15) is 0 Å². The number of thiophene rings is 1. The average Bonchev–Trinajstić information content (AvgIpc) is 2.51. The van der Waals surface area contributed by atoms with Gasteiger partial charge in [-0.25, -0.2) is 0 Å². The highest BCUT2D eigenvalue weighted by molar-refractivity contribution is 7.13. The molecule has 0 radical (unpaired) electrons. The summed E-state index contributed by atoms with van der Waals surface area (Å²) in [7, 11) is 0. The third-order valence-electron chi connectivity index (χ3n) is 1.42. The molecular weight excluding hydrogens is 176 g/mol.